The number of nitrogens with one attached hydrogen (secondary N) is 2. The molecule has 0 aliphatic heterocycles. The third-order valence-corrected chi connectivity index (χ3v) is 2.11. The number of hydrogen-bond donors (Lipinski definition) is 2. The average molecular weight is 207 g/mol. The van der Waals surface area contributed by atoms with Gasteiger partial charge in [0.25, 0.3) is 0 Å². The fourth-order valence-corrected chi connectivity index (χ4v) is 1.35. The van der Waals surface area contributed by atoms with Crippen LogP contribution in [0.3, 0.4) is 0 Å². The van der Waals surface area contributed by atoms with E-state index in [1.165, 1.54) is 6.33 Å². The van der Waals surface area contributed by atoms with Crippen molar-refractivity contribution in [3.63, 3.8) is 0 Å². The number of aromatic amines is 1. The summed E-state index contributed by atoms with van der Waals surface area (Å²) in [6.45, 7) is 3.27. The maximum Gasteiger partial charge on any atom is 0.158 e. The Labute approximate surface area is 87.1 Å². The summed E-state index contributed by atoms with van der Waals surface area (Å²) in [7, 11) is 1.66. The molecule has 2 aromatic heterocycles. The fourth-order valence-electron chi connectivity index (χ4n) is 1.35. The van der Waals surface area contributed by atoms with Gasteiger partial charge >= 0.3 is 0 Å². The van der Waals surface area contributed by atoms with Crippen LogP contribution in [0, 0.1) is 6.92 Å². The lowest BCUT2D eigenvalue weighted by molar-refractivity contribution is 0.210. The second-order valence-corrected chi connectivity index (χ2v) is 3.19. The Balaban J connectivity index is 2.26. The van der Waals surface area contributed by atoms with Crippen LogP contribution >= 0.6 is 0 Å². The minimum atomic E-state index is 0.634. The Bertz CT molecular complexity index is 453. The van der Waals surface area contributed by atoms with E-state index in [1.54, 1.807) is 7.11 Å². The summed E-state index contributed by atoms with van der Waals surface area (Å²) in [4.78, 5) is 8.29. The van der Waals surface area contributed by atoms with Crippen molar-refractivity contribution < 1.29 is 4.74 Å². The first-order valence-corrected chi connectivity index (χ1v) is 4.71. The number of ether oxygens (including phenoxy) is 1. The van der Waals surface area contributed by atoms with Crippen molar-refractivity contribution in [1.82, 2.24) is 20.2 Å². The molecule has 0 spiro atoms. The standard InChI is InChI=1S/C9H13N5O/c1-6-7-8(14-13-6)9(12-5-11-7)10-3-4-15-2/h5H,3-4H2,1-2H3,(H,13,14)(H,10,11,12). The molecule has 0 fully saturated rings. The predicted octanol–water partition coefficient (Wildman–Crippen LogP) is 0.720. The van der Waals surface area contributed by atoms with Crippen LogP contribution in [0.15, 0.2) is 6.33 Å². The summed E-state index contributed by atoms with van der Waals surface area (Å²) in [5.41, 5.74) is 2.57. The molecule has 0 atom stereocenters. The molecule has 80 valence electrons. The minimum absolute atomic E-state index is 0.634. The molecule has 6 heteroatoms. The molecule has 0 saturated carbocycles. The number of rotatable bonds is 4. The van der Waals surface area contributed by atoms with Gasteiger partial charge in [0.05, 0.1) is 12.3 Å². The highest BCUT2D eigenvalue weighted by atomic mass is 16.5. The van der Waals surface area contributed by atoms with E-state index in [0.717, 1.165) is 22.5 Å². The van der Waals surface area contributed by atoms with E-state index in [-0.39, 0.29) is 0 Å². The largest absolute Gasteiger partial charge is 0.383 e. The summed E-state index contributed by atoms with van der Waals surface area (Å²) in [6.07, 6.45) is 1.53. The molecule has 2 aromatic rings. The van der Waals surface area contributed by atoms with Crippen LogP contribution in [-0.2, 0) is 4.74 Å². The molecule has 2 rings (SSSR count). The number of anilines is 1. The molecule has 0 saturated heterocycles. The van der Waals surface area contributed by atoms with Crippen molar-refractivity contribution in [3.8, 4) is 0 Å². The summed E-state index contributed by atoms with van der Waals surface area (Å²) >= 11 is 0. The summed E-state index contributed by atoms with van der Waals surface area (Å²) in [5, 5.41) is 10.2. The zero-order chi connectivity index (χ0) is 10.7. The first-order chi connectivity index (χ1) is 7.33. The van der Waals surface area contributed by atoms with Crippen LogP contribution in [0.1, 0.15) is 5.69 Å². The van der Waals surface area contributed by atoms with Gasteiger partial charge in [-0.2, -0.15) is 5.10 Å². The number of H-pyrrole nitrogens is 1. The van der Waals surface area contributed by atoms with Gasteiger partial charge in [-0.3, -0.25) is 5.10 Å². The van der Waals surface area contributed by atoms with Crippen LogP contribution in [0.2, 0.25) is 0 Å². The Morgan fingerprint density at radius 1 is 1.40 bits per heavy atom. The zero-order valence-corrected chi connectivity index (χ0v) is 8.74. The van der Waals surface area contributed by atoms with Crippen molar-refractivity contribution in [3.05, 3.63) is 12.0 Å². The fraction of sp³-hybridized carbons (Fsp3) is 0.444. The molecule has 0 amide bonds. The quantitative estimate of drug-likeness (QED) is 0.722. The van der Waals surface area contributed by atoms with Gasteiger partial charge in [-0.1, -0.05) is 0 Å². The lowest BCUT2D eigenvalue weighted by Crippen LogP contribution is -2.09. The third kappa shape index (κ3) is 1.89. The van der Waals surface area contributed by atoms with Crippen LogP contribution in [0.4, 0.5) is 5.82 Å². The van der Waals surface area contributed by atoms with E-state index in [0.29, 0.717) is 13.2 Å². The van der Waals surface area contributed by atoms with Crippen LogP contribution in [0.25, 0.3) is 11.0 Å². The van der Waals surface area contributed by atoms with Crippen molar-refractivity contribution in [2.45, 2.75) is 6.92 Å². The maximum absolute atomic E-state index is 4.95. The van der Waals surface area contributed by atoms with Gasteiger partial charge in [-0.15, -0.1) is 0 Å². The Hall–Kier alpha value is -1.69. The zero-order valence-electron chi connectivity index (χ0n) is 8.74. The van der Waals surface area contributed by atoms with E-state index in [4.69, 9.17) is 4.74 Å². The van der Waals surface area contributed by atoms with Crippen molar-refractivity contribution in [1.29, 1.82) is 0 Å². The van der Waals surface area contributed by atoms with Gasteiger partial charge in [0.15, 0.2) is 11.3 Å². The van der Waals surface area contributed by atoms with Crippen LogP contribution in [-0.4, -0.2) is 40.4 Å². The number of aromatic nitrogens is 4. The molecule has 0 aliphatic rings. The van der Waals surface area contributed by atoms with E-state index < -0.39 is 0 Å². The van der Waals surface area contributed by atoms with E-state index in [2.05, 4.69) is 25.5 Å². The Morgan fingerprint density at radius 3 is 3.07 bits per heavy atom. The van der Waals surface area contributed by atoms with Gasteiger partial charge in [0.2, 0.25) is 0 Å². The maximum atomic E-state index is 4.95. The molecule has 0 bridgehead atoms. The first-order valence-electron chi connectivity index (χ1n) is 4.71. The average Bonchev–Trinajstić information content (AvgIpc) is 2.62. The van der Waals surface area contributed by atoms with E-state index in [1.807, 2.05) is 6.92 Å². The molecule has 0 radical (unpaired) electrons. The topological polar surface area (TPSA) is 75.7 Å². The molecular formula is C9H13N5O. The molecule has 0 aromatic carbocycles. The number of aryl methyl sites for hydroxylation is 1. The van der Waals surface area contributed by atoms with E-state index >= 15 is 0 Å². The number of hydrogen-bond acceptors (Lipinski definition) is 5. The first kappa shape index (κ1) is 9.85. The lowest BCUT2D eigenvalue weighted by Gasteiger charge is -2.03. The second-order valence-electron chi connectivity index (χ2n) is 3.19. The van der Waals surface area contributed by atoms with Crippen molar-refractivity contribution in [2.24, 2.45) is 0 Å². The minimum Gasteiger partial charge on any atom is -0.383 e. The highest BCUT2D eigenvalue weighted by Gasteiger charge is 2.07. The molecule has 2 N–H and O–H groups in total. The van der Waals surface area contributed by atoms with Crippen molar-refractivity contribution >= 4 is 16.9 Å². The highest BCUT2D eigenvalue weighted by molar-refractivity contribution is 5.86. The molecule has 2 heterocycles. The third-order valence-electron chi connectivity index (χ3n) is 2.11. The molecular weight excluding hydrogens is 194 g/mol. The second kappa shape index (κ2) is 4.22. The molecule has 0 unspecified atom stereocenters. The number of methoxy groups -OCH3 is 1. The van der Waals surface area contributed by atoms with Gasteiger partial charge in [0, 0.05) is 13.7 Å². The van der Waals surface area contributed by atoms with E-state index in [9.17, 15) is 0 Å². The van der Waals surface area contributed by atoms with Crippen LogP contribution < -0.4 is 5.32 Å². The predicted molar refractivity (Wildman–Crippen MR) is 56.8 cm³/mol. The van der Waals surface area contributed by atoms with Gasteiger partial charge < -0.3 is 10.1 Å². The SMILES string of the molecule is COCCNc1ncnc2c(C)[nH]nc12. The Morgan fingerprint density at radius 2 is 2.27 bits per heavy atom. The molecule has 6 nitrogen and oxygen atoms in total. The number of nitrogens with zero attached hydrogens (tertiary/aromatic N) is 3. The highest BCUT2D eigenvalue weighted by Crippen LogP contribution is 2.17. The summed E-state index contributed by atoms with van der Waals surface area (Å²) < 4.78 is 4.95. The monoisotopic (exact) mass is 207 g/mol. The lowest BCUT2D eigenvalue weighted by atomic mass is 10.3. The number of fused-ring (bicyclic) bond motifs is 1. The molecule has 0 aliphatic carbocycles. The van der Waals surface area contributed by atoms with Crippen molar-refractivity contribution in [2.75, 3.05) is 25.6 Å². The Kier molecular flexibility index (Phi) is 2.77. The van der Waals surface area contributed by atoms with Crippen LogP contribution in [0.5, 0.6) is 0 Å². The summed E-state index contributed by atoms with van der Waals surface area (Å²) in [5.74, 6) is 0.737. The summed E-state index contributed by atoms with van der Waals surface area (Å²) in [6, 6.07) is 0. The molecule has 15 heavy (non-hydrogen) atoms. The smallest absolute Gasteiger partial charge is 0.158 e. The normalized spacial score (nSPS) is 10.8. The van der Waals surface area contributed by atoms with Gasteiger partial charge in [-0.25, -0.2) is 9.97 Å². The van der Waals surface area contributed by atoms with Gasteiger partial charge in [-0.05, 0) is 6.92 Å². The van der Waals surface area contributed by atoms with Gasteiger partial charge in [0.1, 0.15) is 11.8 Å².